The molecular formula is C27H29Cl2NO3. The van der Waals surface area contributed by atoms with Crippen molar-refractivity contribution < 1.29 is 14.7 Å². The first-order valence-electron chi connectivity index (χ1n) is 11.8. The molecule has 2 aromatic carbocycles. The predicted octanol–water partition coefficient (Wildman–Crippen LogP) is 6.72. The first-order valence-corrected chi connectivity index (χ1v) is 12.6. The molecule has 6 heteroatoms. The number of nitrogens with zero attached hydrogens (tertiary/aromatic N) is 1. The Bertz CT molecular complexity index is 1050. The Kier molecular flexibility index (Phi) is 5.95. The fourth-order valence-corrected chi connectivity index (χ4v) is 6.25. The summed E-state index contributed by atoms with van der Waals surface area (Å²) in [6.07, 6.45) is 4.83. The van der Waals surface area contributed by atoms with Gasteiger partial charge < -0.3 is 10.0 Å². The van der Waals surface area contributed by atoms with E-state index in [1.54, 1.807) is 0 Å². The van der Waals surface area contributed by atoms with Gasteiger partial charge in [-0.3, -0.25) is 9.59 Å². The number of carbonyl (C=O) groups is 2. The number of amides is 1. The molecule has 2 aromatic rings. The molecule has 0 radical (unpaired) electrons. The lowest BCUT2D eigenvalue weighted by Crippen LogP contribution is -2.57. The maximum absolute atomic E-state index is 14.2. The topological polar surface area (TPSA) is 57.6 Å². The second-order valence-electron chi connectivity index (χ2n) is 10.4. The van der Waals surface area contributed by atoms with Gasteiger partial charge in [-0.2, -0.15) is 0 Å². The van der Waals surface area contributed by atoms with Gasteiger partial charge in [-0.05, 0) is 79.3 Å². The van der Waals surface area contributed by atoms with Crippen LogP contribution in [0, 0.1) is 17.3 Å². The molecule has 2 saturated carbocycles. The Morgan fingerprint density at radius 2 is 1.67 bits per heavy atom. The number of likely N-dealkylation sites (tertiary alicyclic amines) is 1. The summed E-state index contributed by atoms with van der Waals surface area (Å²) in [5.74, 6) is -0.0132. The number of aliphatic carboxylic acids is 1. The first kappa shape index (κ1) is 22.7. The number of halogens is 2. The highest BCUT2D eigenvalue weighted by Crippen LogP contribution is 2.57. The highest BCUT2D eigenvalue weighted by molar-refractivity contribution is 6.30. The molecule has 33 heavy (non-hydrogen) atoms. The summed E-state index contributed by atoms with van der Waals surface area (Å²) < 4.78 is 0. The van der Waals surface area contributed by atoms with Gasteiger partial charge in [-0.1, -0.05) is 54.4 Å². The van der Waals surface area contributed by atoms with Crippen LogP contribution in [0.4, 0.5) is 0 Å². The molecule has 1 saturated heterocycles. The van der Waals surface area contributed by atoms with Gasteiger partial charge in [0.15, 0.2) is 0 Å². The SMILES string of the molecule is C[C@@]1(CC(=O)O)C[C@H](c2cccc(Cl)c2)[C@@H](c2ccc(Cl)cc2)N(C(C2CC2)C2CC2)C1=O. The first-order chi connectivity index (χ1) is 15.8. The zero-order valence-corrected chi connectivity index (χ0v) is 20.2. The molecule has 3 fully saturated rings. The fourth-order valence-electron chi connectivity index (χ4n) is 5.92. The quantitative estimate of drug-likeness (QED) is 0.473. The molecule has 5 rings (SSSR count). The van der Waals surface area contributed by atoms with Gasteiger partial charge in [-0.15, -0.1) is 0 Å². The zero-order chi connectivity index (χ0) is 23.3. The Labute approximate surface area is 204 Å². The van der Waals surface area contributed by atoms with Crippen molar-refractivity contribution in [1.29, 1.82) is 0 Å². The van der Waals surface area contributed by atoms with Gasteiger partial charge in [0.1, 0.15) is 0 Å². The lowest BCUT2D eigenvalue weighted by molar-refractivity contribution is -0.161. The van der Waals surface area contributed by atoms with Gasteiger partial charge in [0, 0.05) is 22.0 Å². The van der Waals surface area contributed by atoms with Crippen molar-refractivity contribution in [2.75, 3.05) is 0 Å². The molecule has 0 bridgehead atoms. The summed E-state index contributed by atoms with van der Waals surface area (Å²) >= 11 is 12.6. The summed E-state index contributed by atoms with van der Waals surface area (Å²) in [6, 6.07) is 15.6. The number of hydrogen-bond acceptors (Lipinski definition) is 2. The number of benzene rings is 2. The Hall–Kier alpha value is -2.04. The summed E-state index contributed by atoms with van der Waals surface area (Å²) in [7, 11) is 0. The number of carboxylic acid groups (broad SMARTS) is 1. The Morgan fingerprint density at radius 3 is 2.21 bits per heavy atom. The van der Waals surface area contributed by atoms with Crippen molar-refractivity contribution in [3.63, 3.8) is 0 Å². The lowest BCUT2D eigenvalue weighted by Gasteiger charge is -2.52. The third-order valence-corrected chi connectivity index (χ3v) is 8.15. The maximum atomic E-state index is 14.2. The predicted molar refractivity (Wildman–Crippen MR) is 129 cm³/mol. The molecular weight excluding hydrogens is 457 g/mol. The summed E-state index contributed by atoms with van der Waals surface area (Å²) in [6.45, 7) is 1.84. The van der Waals surface area contributed by atoms with Crippen LogP contribution in [0.2, 0.25) is 10.0 Å². The van der Waals surface area contributed by atoms with Crippen LogP contribution in [-0.2, 0) is 9.59 Å². The van der Waals surface area contributed by atoms with Crippen LogP contribution in [-0.4, -0.2) is 27.9 Å². The van der Waals surface area contributed by atoms with Gasteiger partial charge in [0.05, 0.1) is 17.9 Å². The Morgan fingerprint density at radius 1 is 1.03 bits per heavy atom. The molecule has 0 unspecified atom stereocenters. The van der Waals surface area contributed by atoms with E-state index >= 15 is 0 Å². The van der Waals surface area contributed by atoms with Crippen molar-refractivity contribution in [3.05, 3.63) is 69.7 Å². The second-order valence-corrected chi connectivity index (χ2v) is 11.2. The molecule has 2 aliphatic carbocycles. The van der Waals surface area contributed by atoms with E-state index in [0.717, 1.165) is 36.8 Å². The molecule has 3 atom stereocenters. The van der Waals surface area contributed by atoms with Gasteiger partial charge in [0.25, 0.3) is 0 Å². The minimum atomic E-state index is -0.968. The van der Waals surface area contributed by atoms with Crippen molar-refractivity contribution in [3.8, 4) is 0 Å². The summed E-state index contributed by atoms with van der Waals surface area (Å²) in [5.41, 5.74) is 1.12. The average Bonchev–Trinajstić information content (AvgIpc) is 3.67. The average molecular weight is 486 g/mol. The maximum Gasteiger partial charge on any atom is 0.304 e. The van der Waals surface area contributed by atoms with E-state index in [4.69, 9.17) is 23.2 Å². The van der Waals surface area contributed by atoms with Crippen LogP contribution >= 0.6 is 23.2 Å². The smallest absolute Gasteiger partial charge is 0.304 e. The highest BCUT2D eigenvalue weighted by Gasteiger charge is 2.57. The van der Waals surface area contributed by atoms with Gasteiger partial charge >= 0.3 is 5.97 Å². The van der Waals surface area contributed by atoms with Crippen LogP contribution in [0.15, 0.2) is 48.5 Å². The molecule has 1 N–H and O–H groups in total. The van der Waals surface area contributed by atoms with E-state index in [0.29, 0.717) is 28.3 Å². The second kappa shape index (κ2) is 8.63. The number of carbonyl (C=O) groups excluding carboxylic acids is 1. The van der Waals surface area contributed by atoms with E-state index in [1.165, 1.54) is 0 Å². The standard InChI is InChI=1S/C27H29Cl2NO3/c1-27(15-23(31)32)14-22(19-3-2-4-21(29)13-19)25(18-9-11-20(28)12-10-18)30(26(27)33)24(16-5-6-16)17-7-8-17/h2-4,9-13,16-17,22,24-25H,5-8,14-15H2,1H3,(H,31,32)/t22-,25-,27+/m1/s1. The zero-order valence-electron chi connectivity index (χ0n) is 18.7. The number of rotatable bonds is 7. The van der Waals surface area contributed by atoms with E-state index < -0.39 is 11.4 Å². The largest absolute Gasteiger partial charge is 0.481 e. The summed E-state index contributed by atoms with van der Waals surface area (Å²) in [5, 5.41) is 11.0. The van der Waals surface area contributed by atoms with E-state index in [9.17, 15) is 14.7 Å². The minimum Gasteiger partial charge on any atom is -0.481 e. The monoisotopic (exact) mass is 485 g/mol. The molecule has 174 valence electrons. The van der Waals surface area contributed by atoms with Crippen molar-refractivity contribution in [2.45, 2.75) is 63.5 Å². The van der Waals surface area contributed by atoms with Crippen LogP contribution in [0.25, 0.3) is 0 Å². The molecule has 1 amide bonds. The molecule has 1 heterocycles. The third kappa shape index (κ3) is 4.52. The molecule has 4 nitrogen and oxygen atoms in total. The Balaban J connectivity index is 1.68. The van der Waals surface area contributed by atoms with E-state index in [2.05, 4.69) is 11.0 Å². The molecule has 0 aromatic heterocycles. The number of hydrogen-bond donors (Lipinski definition) is 1. The molecule has 1 aliphatic heterocycles. The minimum absolute atomic E-state index is 0.0214. The third-order valence-electron chi connectivity index (χ3n) is 7.66. The van der Waals surface area contributed by atoms with E-state index in [-0.39, 0.29) is 30.3 Å². The van der Waals surface area contributed by atoms with Crippen LogP contribution in [0.3, 0.4) is 0 Å². The summed E-state index contributed by atoms with van der Waals surface area (Å²) in [4.78, 5) is 28.2. The fraction of sp³-hybridized carbons (Fsp3) is 0.481. The number of carboxylic acids is 1. The van der Waals surface area contributed by atoms with Crippen LogP contribution < -0.4 is 0 Å². The lowest BCUT2D eigenvalue weighted by atomic mass is 9.66. The number of piperidine rings is 1. The van der Waals surface area contributed by atoms with Crippen molar-refractivity contribution >= 4 is 35.1 Å². The highest BCUT2D eigenvalue weighted by atomic mass is 35.5. The normalized spacial score (nSPS) is 27.8. The van der Waals surface area contributed by atoms with E-state index in [1.807, 2.05) is 49.4 Å². The molecule has 0 spiro atoms. The van der Waals surface area contributed by atoms with Crippen molar-refractivity contribution in [1.82, 2.24) is 4.90 Å². The van der Waals surface area contributed by atoms with Gasteiger partial charge in [0.2, 0.25) is 5.91 Å². The van der Waals surface area contributed by atoms with Gasteiger partial charge in [-0.25, -0.2) is 0 Å². The molecule has 3 aliphatic rings. The van der Waals surface area contributed by atoms with Crippen LogP contribution in [0.1, 0.15) is 68.5 Å². The van der Waals surface area contributed by atoms with Crippen LogP contribution in [0.5, 0.6) is 0 Å². The van der Waals surface area contributed by atoms with Crippen molar-refractivity contribution in [2.24, 2.45) is 17.3 Å².